The van der Waals surface area contributed by atoms with Crippen LogP contribution in [-0.4, -0.2) is 62.9 Å². The second-order valence-corrected chi connectivity index (χ2v) is 8.37. The van der Waals surface area contributed by atoms with Crippen molar-refractivity contribution in [1.29, 1.82) is 5.26 Å². The van der Waals surface area contributed by atoms with Crippen molar-refractivity contribution in [1.82, 2.24) is 19.6 Å². The van der Waals surface area contributed by atoms with Crippen molar-refractivity contribution in [2.75, 3.05) is 25.5 Å². The molecule has 11 heteroatoms. The first-order valence-corrected chi connectivity index (χ1v) is 10.7. The minimum Gasteiger partial charge on any atom is -0.393 e. The van der Waals surface area contributed by atoms with E-state index in [-0.39, 0.29) is 30.6 Å². The molecule has 0 bridgehead atoms. The summed E-state index contributed by atoms with van der Waals surface area (Å²) in [6.45, 7) is 3.03. The predicted octanol–water partition coefficient (Wildman–Crippen LogP) is 2.10. The number of anilines is 1. The zero-order valence-electron chi connectivity index (χ0n) is 18.3. The normalized spacial score (nSPS) is 18.8. The Morgan fingerprint density at radius 2 is 2.15 bits per heavy atom. The minimum atomic E-state index is -1.14. The topological polar surface area (TPSA) is 114 Å². The van der Waals surface area contributed by atoms with Crippen molar-refractivity contribution in [3.05, 3.63) is 46.3 Å². The average molecular weight is 458 g/mol. The average Bonchev–Trinajstić information content (AvgIpc) is 3.10. The molecule has 0 aliphatic carbocycles. The molecule has 3 heterocycles. The Hall–Kier alpha value is -3.52. The highest BCUT2D eigenvalue weighted by Crippen LogP contribution is 2.28. The Labute approximate surface area is 189 Å². The standard InChI is InChI=1S/C22H24F2N6O3/c1-3-18(31)12-9-28(2)21(32)20-14-11-29(7-6-16(14)27-30(20)10-12)22(33)26-17-5-4-15(23)13(8-25)19(17)24/h4-5,12,18,31H,3,6-7,9-11H2,1-2H3,(H,26,33)/t12-,18?/m1/s1. The molecule has 0 radical (unpaired) electrons. The molecule has 33 heavy (non-hydrogen) atoms. The molecule has 174 valence electrons. The molecule has 2 aromatic rings. The van der Waals surface area contributed by atoms with Crippen LogP contribution >= 0.6 is 0 Å². The highest BCUT2D eigenvalue weighted by molar-refractivity contribution is 5.95. The van der Waals surface area contributed by atoms with Crippen molar-refractivity contribution in [2.24, 2.45) is 5.92 Å². The molecule has 0 fully saturated rings. The molecule has 2 aliphatic heterocycles. The van der Waals surface area contributed by atoms with Gasteiger partial charge in [0.1, 0.15) is 23.1 Å². The summed E-state index contributed by atoms with van der Waals surface area (Å²) in [6, 6.07) is 2.78. The largest absolute Gasteiger partial charge is 0.393 e. The maximum Gasteiger partial charge on any atom is 0.322 e. The number of benzene rings is 1. The van der Waals surface area contributed by atoms with Crippen LogP contribution in [0.4, 0.5) is 19.3 Å². The lowest BCUT2D eigenvalue weighted by Gasteiger charge is -2.28. The zero-order valence-corrected chi connectivity index (χ0v) is 18.3. The van der Waals surface area contributed by atoms with Gasteiger partial charge in [-0.3, -0.25) is 9.48 Å². The summed E-state index contributed by atoms with van der Waals surface area (Å²) < 4.78 is 29.6. The van der Waals surface area contributed by atoms with Gasteiger partial charge in [0.05, 0.1) is 24.0 Å². The van der Waals surface area contributed by atoms with E-state index in [9.17, 15) is 23.5 Å². The first-order chi connectivity index (χ1) is 15.7. The summed E-state index contributed by atoms with van der Waals surface area (Å²) in [5.74, 6) is -2.55. The smallest absolute Gasteiger partial charge is 0.322 e. The Kier molecular flexibility index (Phi) is 6.03. The third-order valence-corrected chi connectivity index (χ3v) is 6.26. The maximum atomic E-state index is 14.4. The minimum absolute atomic E-state index is 0.0883. The van der Waals surface area contributed by atoms with Crippen LogP contribution in [0.5, 0.6) is 0 Å². The molecule has 3 amide bonds. The van der Waals surface area contributed by atoms with Crippen molar-refractivity contribution in [3.8, 4) is 6.07 Å². The first-order valence-electron chi connectivity index (χ1n) is 10.7. The number of hydrogen-bond donors (Lipinski definition) is 2. The number of carbonyl (C=O) groups is 2. The van der Waals surface area contributed by atoms with Crippen LogP contribution in [0.25, 0.3) is 0 Å². The van der Waals surface area contributed by atoms with E-state index in [1.807, 2.05) is 6.92 Å². The van der Waals surface area contributed by atoms with Crippen molar-refractivity contribution in [3.63, 3.8) is 0 Å². The van der Waals surface area contributed by atoms with Gasteiger partial charge in [0.2, 0.25) is 0 Å². The molecule has 2 N–H and O–H groups in total. The van der Waals surface area contributed by atoms with Crippen LogP contribution in [0.3, 0.4) is 0 Å². The summed E-state index contributed by atoms with van der Waals surface area (Å²) in [5, 5.41) is 26.3. The fourth-order valence-electron chi connectivity index (χ4n) is 4.39. The molecule has 4 rings (SSSR count). The number of aliphatic hydroxyl groups is 1. The highest BCUT2D eigenvalue weighted by Gasteiger charge is 2.36. The van der Waals surface area contributed by atoms with Crippen LogP contribution in [-0.2, 0) is 19.5 Å². The van der Waals surface area contributed by atoms with E-state index in [0.29, 0.717) is 42.9 Å². The van der Waals surface area contributed by atoms with Gasteiger partial charge in [0.15, 0.2) is 5.82 Å². The Balaban J connectivity index is 1.59. The van der Waals surface area contributed by atoms with Gasteiger partial charge < -0.3 is 20.2 Å². The number of fused-ring (bicyclic) bond motifs is 3. The molecule has 0 saturated heterocycles. The monoisotopic (exact) mass is 458 g/mol. The highest BCUT2D eigenvalue weighted by atomic mass is 19.1. The lowest BCUT2D eigenvalue weighted by atomic mass is 10.0. The molecule has 0 spiro atoms. The van der Waals surface area contributed by atoms with Gasteiger partial charge in [-0.2, -0.15) is 10.4 Å². The van der Waals surface area contributed by atoms with E-state index in [2.05, 4.69) is 10.4 Å². The van der Waals surface area contributed by atoms with Gasteiger partial charge in [-0.05, 0) is 18.6 Å². The van der Waals surface area contributed by atoms with Gasteiger partial charge in [0.25, 0.3) is 5.91 Å². The summed E-state index contributed by atoms with van der Waals surface area (Å²) >= 11 is 0. The first kappa shape index (κ1) is 22.7. The van der Waals surface area contributed by atoms with Gasteiger partial charge in [0, 0.05) is 44.6 Å². The van der Waals surface area contributed by atoms with E-state index in [1.165, 1.54) is 11.0 Å². The molecular weight excluding hydrogens is 434 g/mol. The Morgan fingerprint density at radius 1 is 1.39 bits per heavy atom. The Morgan fingerprint density at radius 3 is 2.85 bits per heavy atom. The molecule has 2 atom stereocenters. The number of carbonyl (C=O) groups excluding carboxylic acids is 2. The Bertz CT molecular complexity index is 1160. The van der Waals surface area contributed by atoms with Gasteiger partial charge in [-0.1, -0.05) is 6.92 Å². The van der Waals surface area contributed by atoms with Gasteiger partial charge in [-0.15, -0.1) is 0 Å². The van der Waals surface area contributed by atoms with E-state index in [1.54, 1.807) is 16.6 Å². The summed E-state index contributed by atoms with van der Waals surface area (Å²) in [4.78, 5) is 28.9. The van der Waals surface area contributed by atoms with E-state index < -0.39 is 29.3 Å². The van der Waals surface area contributed by atoms with E-state index in [0.717, 1.165) is 12.1 Å². The molecular formula is C22H24F2N6O3. The number of urea groups is 1. The zero-order chi connectivity index (χ0) is 23.9. The van der Waals surface area contributed by atoms with E-state index in [4.69, 9.17) is 5.26 Å². The molecule has 1 aromatic heterocycles. The number of halogens is 2. The van der Waals surface area contributed by atoms with Crippen LogP contribution in [0, 0.1) is 28.9 Å². The third kappa shape index (κ3) is 4.02. The van der Waals surface area contributed by atoms with Crippen LogP contribution in [0.1, 0.15) is 40.7 Å². The number of rotatable bonds is 3. The lowest BCUT2D eigenvalue weighted by Crippen LogP contribution is -2.40. The second kappa shape index (κ2) is 8.78. The quantitative estimate of drug-likeness (QED) is 0.731. The second-order valence-electron chi connectivity index (χ2n) is 8.37. The number of amides is 3. The van der Waals surface area contributed by atoms with Crippen molar-refractivity contribution >= 4 is 17.6 Å². The molecule has 1 aromatic carbocycles. The van der Waals surface area contributed by atoms with Gasteiger partial charge in [-0.25, -0.2) is 13.6 Å². The SMILES string of the molecule is CCC(O)[C@@H]1CN(C)C(=O)c2c3c(nn2C1)CCN(C(=O)Nc1ccc(F)c(C#N)c1F)C3. The lowest BCUT2D eigenvalue weighted by molar-refractivity contribution is 0.0626. The van der Waals surface area contributed by atoms with Crippen LogP contribution < -0.4 is 5.32 Å². The number of nitriles is 1. The summed E-state index contributed by atoms with van der Waals surface area (Å²) in [7, 11) is 1.67. The van der Waals surface area contributed by atoms with Gasteiger partial charge >= 0.3 is 6.03 Å². The fourth-order valence-corrected chi connectivity index (χ4v) is 4.39. The molecule has 1 unspecified atom stereocenters. The maximum absolute atomic E-state index is 14.4. The number of hydrogen-bond acceptors (Lipinski definition) is 5. The summed E-state index contributed by atoms with van der Waals surface area (Å²) in [6.07, 6.45) is 0.388. The van der Waals surface area contributed by atoms with Crippen molar-refractivity contribution < 1.29 is 23.5 Å². The number of aromatic nitrogens is 2. The predicted molar refractivity (Wildman–Crippen MR) is 113 cm³/mol. The molecule has 2 aliphatic rings. The third-order valence-electron chi connectivity index (χ3n) is 6.26. The number of nitrogens with zero attached hydrogens (tertiary/aromatic N) is 5. The van der Waals surface area contributed by atoms with E-state index >= 15 is 0 Å². The van der Waals surface area contributed by atoms with Crippen molar-refractivity contribution in [2.45, 2.75) is 39.0 Å². The molecule has 0 saturated carbocycles. The van der Waals surface area contributed by atoms with Crippen LogP contribution in [0.15, 0.2) is 12.1 Å². The molecule has 9 nitrogen and oxygen atoms in total. The number of aliphatic hydroxyl groups excluding tert-OH is 1. The number of nitrogens with one attached hydrogen (secondary N) is 1. The van der Waals surface area contributed by atoms with Crippen LogP contribution in [0.2, 0.25) is 0 Å². The fraction of sp³-hybridized carbons (Fsp3) is 0.455. The summed E-state index contributed by atoms with van der Waals surface area (Å²) in [5.41, 5.74) is 0.646.